The van der Waals surface area contributed by atoms with Crippen molar-refractivity contribution in [3.05, 3.63) is 41.7 Å². The quantitative estimate of drug-likeness (QED) is 0.804. The monoisotopic (exact) mass is 328 g/mol. The van der Waals surface area contributed by atoms with Gasteiger partial charge in [0.15, 0.2) is 11.4 Å². The molecule has 2 heterocycles. The number of benzene rings is 1. The van der Waals surface area contributed by atoms with Gasteiger partial charge in [0.05, 0.1) is 11.9 Å². The molecule has 1 fully saturated rings. The number of carbonyl (C=O) groups is 1. The highest BCUT2D eigenvalue weighted by Crippen LogP contribution is 2.21. The van der Waals surface area contributed by atoms with Gasteiger partial charge in [-0.1, -0.05) is 26.0 Å². The summed E-state index contributed by atoms with van der Waals surface area (Å²) in [4.78, 5) is 12.3. The third-order valence-electron chi connectivity index (χ3n) is 4.37. The van der Waals surface area contributed by atoms with Crippen LogP contribution in [0.2, 0.25) is 0 Å². The molecule has 6 heteroatoms. The maximum Gasteiger partial charge on any atom is 0.275 e. The number of rotatable bonds is 4. The molecule has 0 bridgehead atoms. The van der Waals surface area contributed by atoms with Gasteiger partial charge in [-0.3, -0.25) is 4.79 Å². The normalized spacial score (nSPS) is 17.9. The lowest BCUT2D eigenvalue weighted by atomic mass is 10.0. The number of piperidine rings is 1. The molecule has 1 atom stereocenters. The van der Waals surface area contributed by atoms with Gasteiger partial charge in [0.1, 0.15) is 0 Å². The molecule has 1 aromatic heterocycles. The van der Waals surface area contributed by atoms with E-state index in [9.17, 15) is 9.90 Å². The van der Waals surface area contributed by atoms with E-state index < -0.39 is 0 Å². The maximum atomic E-state index is 12.3. The molecule has 3 rings (SSSR count). The van der Waals surface area contributed by atoms with Crippen molar-refractivity contribution < 1.29 is 9.90 Å². The van der Waals surface area contributed by atoms with Gasteiger partial charge in [-0.15, -0.1) is 0 Å². The van der Waals surface area contributed by atoms with Crippen molar-refractivity contribution in [3.8, 4) is 11.4 Å². The van der Waals surface area contributed by atoms with Gasteiger partial charge >= 0.3 is 0 Å². The summed E-state index contributed by atoms with van der Waals surface area (Å²) in [5.74, 6) is 0.0125. The van der Waals surface area contributed by atoms with Gasteiger partial charge in [0.2, 0.25) is 0 Å². The highest BCUT2D eigenvalue weighted by molar-refractivity contribution is 5.95. The number of nitrogens with zero attached hydrogens (tertiary/aromatic N) is 2. The third-order valence-corrected chi connectivity index (χ3v) is 4.37. The minimum atomic E-state index is -0.334. The van der Waals surface area contributed by atoms with Crippen LogP contribution in [0.4, 0.5) is 0 Å². The van der Waals surface area contributed by atoms with Crippen LogP contribution in [0, 0.1) is 0 Å². The van der Waals surface area contributed by atoms with Gasteiger partial charge in [-0.05, 0) is 43.0 Å². The number of amides is 1. The topological polar surface area (TPSA) is 79.2 Å². The lowest BCUT2D eigenvalue weighted by molar-refractivity contribution is 0.0922. The van der Waals surface area contributed by atoms with E-state index in [4.69, 9.17) is 0 Å². The zero-order chi connectivity index (χ0) is 17.1. The molecule has 6 nitrogen and oxygen atoms in total. The van der Waals surface area contributed by atoms with Gasteiger partial charge in [-0.2, -0.15) is 5.10 Å². The predicted molar refractivity (Wildman–Crippen MR) is 92.7 cm³/mol. The van der Waals surface area contributed by atoms with E-state index in [1.54, 1.807) is 0 Å². The summed E-state index contributed by atoms with van der Waals surface area (Å²) >= 11 is 0. The van der Waals surface area contributed by atoms with Crippen LogP contribution >= 0.6 is 0 Å². The fourth-order valence-corrected chi connectivity index (χ4v) is 2.90. The highest BCUT2D eigenvalue weighted by atomic mass is 16.3. The van der Waals surface area contributed by atoms with Crippen LogP contribution in [0.3, 0.4) is 0 Å². The average Bonchev–Trinajstić information content (AvgIpc) is 2.98. The Hall–Kier alpha value is -2.34. The standard InChI is InChI=1S/C18H24N4O2/c1-12(2)13-5-7-15(8-6-13)22-11-16(23)17(21-22)18(24)20-14-4-3-9-19-10-14/h5-8,11-12,14,19,23H,3-4,9-10H2,1-2H3,(H,20,24)/t14-/m0/s1. The summed E-state index contributed by atoms with van der Waals surface area (Å²) in [5, 5.41) is 20.5. The van der Waals surface area contributed by atoms with Crippen LogP contribution in [-0.4, -0.2) is 39.9 Å². The number of nitrogens with one attached hydrogen (secondary N) is 2. The lowest BCUT2D eigenvalue weighted by Crippen LogP contribution is -2.45. The molecule has 128 valence electrons. The third kappa shape index (κ3) is 3.59. The molecule has 1 aliphatic heterocycles. The molecule has 1 aromatic carbocycles. The molecular formula is C18H24N4O2. The minimum Gasteiger partial charge on any atom is -0.504 e. The molecule has 0 unspecified atom stereocenters. The largest absolute Gasteiger partial charge is 0.504 e. The van der Waals surface area contributed by atoms with E-state index in [2.05, 4.69) is 29.6 Å². The zero-order valence-electron chi connectivity index (χ0n) is 14.1. The van der Waals surface area contributed by atoms with Crippen LogP contribution in [-0.2, 0) is 0 Å². The second-order valence-electron chi connectivity index (χ2n) is 6.57. The van der Waals surface area contributed by atoms with Crippen LogP contribution < -0.4 is 10.6 Å². The number of aromatic hydroxyl groups is 1. The molecule has 1 amide bonds. The maximum absolute atomic E-state index is 12.3. The minimum absolute atomic E-state index is 0.0634. The Morgan fingerprint density at radius 1 is 1.38 bits per heavy atom. The van der Waals surface area contributed by atoms with Crippen LogP contribution in [0.25, 0.3) is 5.69 Å². The SMILES string of the molecule is CC(C)c1ccc(-n2cc(O)c(C(=O)N[C@H]3CCCNC3)n2)cc1. The Bertz CT molecular complexity index is 700. The average molecular weight is 328 g/mol. The van der Waals surface area contributed by atoms with Crippen molar-refractivity contribution in [1.29, 1.82) is 0 Å². The van der Waals surface area contributed by atoms with Gasteiger partial charge in [0, 0.05) is 12.6 Å². The highest BCUT2D eigenvalue weighted by Gasteiger charge is 2.21. The van der Waals surface area contributed by atoms with Crippen LogP contribution in [0.15, 0.2) is 30.5 Å². The summed E-state index contributed by atoms with van der Waals surface area (Å²) in [6.45, 7) is 6.01. The first kappa shape index (κ1) is 16.5. The van der Waals surface area contributed by atoms with E-state index in [1.165, 1.54) is 16.4 Å². The lowest BCUT2D eigenvalue weighted by Gasteiger charge is -2.23. The number of carbonyl (C=O) groups excluding carboxylic acids is 1. The van der Waals surface area contributed by atoms with Gasteiger partial charge in [0.25, 0.3) is 5.91 Å². The summed E-state index contributed by atoms with van der Waals surface area (Å²) in [5.41, 5.74) is 2.11. The summed E-state index contributed by atoms with van der Waals surface area (Å²) < 4.78 is 1.54. The van der Waals surface area contributed by atoms with Gasteiger partial charge < -0.3 is 15.7 Å². The van der Waals surface area contributed by atoms with Crippen LogP contribution in [0.5, 0.6) is 5.75 Å². The molecule has 3 N–H and O–H groups in total. The van der Waals surface area contributed by atoms with Crippen molar-refractivity contribution in [1.82, 2.24) is 20.4 Å². The Labute approximate surface area is 141 Å². The Kier molecular flexibility index (Phi) is 4.85. The van der Waals surface area contributed by atoms with Crippen molar-refractivity contribution in [2.24, 2.45) is 0 Å². The Morgan fingerprint density at radius 3 is 2.75 bits per heavy atom. The fraction of sp³-hybridized carbons (Fsp3) is 0.444. The molecule has 0 radical (unpaired) electrons. The predicted octanol–water partition coefficient (Wildman–Crippen LogP) is 2.18. The number of hydrogen-bond acceptors (Lipinski definition) is 4. The zero-order valence-corrected chi connectivity index (χ0v) is 14.1. The first-order valence-corrected chi connectivity index (χ1v) is 8.45. The summed E-state index contributed by atoms with van der Waals surface area (Å²) in [7, 11) is 0. The van der Waals surface area contributed by atoms with E-state index in [-0.39, 0.29) is 23.4 Å². The molecule has 2 aromatic rings. The second kappa shape index (κ2) is 7.05. The molecule has 0 aliphatic carbocycles. The molecule has 0 spiro atoms. The van der Waals surface area contributed by atoms with E-state index >= 15 is 0 Å². The molecule has 1 saturated heterocycles. The van der Waals surface area contributed by atoms with E-state index in [0.29, 0.717) is 5.92 Å². The Balaban J connectivity index is 1.75. The van der Waals surface area contributed by atoms with Crippen molar-refractivity contribution >= 4 is 5.91 Å². The Morgan fingerprint density at radius 2 is 2.12 bits per heavy atom. The van der Waals surface area contributed by atoms with Gasteiger partial charge in [-0.25, -0.2) is 4.68 Å². The summed E-state index contributed by atoms with van der Waals surface area (Å²) in [6.07, 6.45) is 3.45. The molecule has 0 saturated carbocycles. The second-order valence-corrected chi connectivity index (χ2v) is 6.57. The molecule has 24 heavy (non-hydrogen) atoms. The number of hydrogen-bond donors (Lipinski definition) is 3. The smallest absolute Gasteiger partial charge is 0.275 e. The van der Waals surface area contributed by atoms with Crippen molar-refractivity contribution in [3.63, 3.8) is 0 Å². The first-order valence-electron chi connectivity index (χ1n) is 8.45. The van der Waals surface area contributed by atoms with E-state index in [0.717, 1.165) is 31.6 Å². The fourth-order valence-electron chi connectivity index (χ4n) is 2.90. The van der Waals surface area contributed by atoms with Crippen LogP contribution in [0.1, 0.15) is 48.7 Å². The summed E-state index contributed by atoms with van der Waals surface area (Å²) in [6, 6.07) is 8.03. The van der Waals surface area contributed by atoms with Crippen molar-refractivity contribution in [2.45, 2.75) is 38.6 Å². The molecular weight excluding hydrogens is 304 g/mol. The number of aromatic nitrogens is 2. The van der Waals surface area contributed by atoms with E-state index in [1.807, 2.05) is 24.3 Å². The van der Waals surface area contributed by atoms with Crippen molar-refractivity contribution in [2.75, 3.05) is 13.1 Å². The molecule has 1 aliphatic rings. The first-order chi connectivity index (χ1) is 11.5.